The predicted molar refractivity (Wildman–Crippen MR) is 53.0 cm³/mol. The average Bonchev–Trinajstić information content (AvgIpc) is 2.27. The van der Waals surface area contributed by atoms with Crippen LogP contribution >= 0.6 is 0 Å². The highest BCUT2D eigenvalue weighted by atomic mass is 16.5. The van der Waals surface area contributed by atoms with Gasteiger partial charge in [-0.1, -0.05) is 6.07 Å². The van der Waals surface area contributed by atoms with E-state index < -0.39 is 0 Å². The Hall–Kier alpha value is -2.08. The maximum absolute atomic E-state index is 8.87. The largest absolute Gasteiger partial charge is 0.496 e. The lowest BCUT2D eigenvalue weighted by molar-refractivity contribution is 0.419. The first-order chi connectivity index (χ1) is 6.86. The van der Waals surface area contributed by atoms with Crippen LogP contribution in [0.5, 0.6) is 5.75 Å². The minimum absolute atomic E-state index is 0.571. The lowest BCUT2D eigenvalue weighted by Gasteiger charge is -2.04. The molecule has 0 radical (unpaired) electrons. The van der Waals surface area contributed by atoms with E-state index in [4.69, 9.17) is 10.00 Å². The fourth-order valence-corrected chi connectivity index (χ4v) is 1.42. The van der Waals surface area contributed by atoms with Crippen molar-refractivity contribution in [3.8, 4) is 11.8 Å². The number of hydrogen-bond donors (Lipinski definition) is 0. The molecule has 2 aromatic rings. The molecule has 0 aliphatic heterocycles. The minimum Gasteiger partial charge on any atom is -0.496 e. The molecule has 1 aromatic carbocycles. The van der Waals surface area contributed by atoms with Gasteiger partial charge in [0.15, 0.2) is 0 Å². The zero-order chi connectivity index (χ0) is 9.97. The second-order valence-electron chi connectivity index (χ2n) is 2.83. The number of ether oxygens (including phenoxy) is 1. The Labute approximate surface area is 81.6 Å². The van der Waals surface area contributed by atoms with Gasteiger partial charge in [-0.3, -0.25) is 4.98 Å². The van der Waals surface area contributed by atoms with Crippen LogP contribution in [-0.4, -0.2) is 12.1 Å². The van der Waals surface area contributed by atoms with E-state index in [2.05, 4.69) is 11.1 Å². The highest BCUT2D eigenvalue weighted by molar-refractivity contribution is 5.89. The van der Waals surface area contributed by atoms with E-state index in [0.717, 1.165) is 11.1 Å². The van der Waals surface area contributed by atoms with Crippen LogP contribution in [0.25, 0.3) is 10.9 Å². The van der Waals surface area contributed by atoms with E-state index in [-0.39, 0.29) is 0 Å². The second kappa shape index (κ2) is 3.35. The zero-order valence-electron chi connectivity index (χ0n) is 7.69. The Kier molecular flexibility index (Phi) is 2.04. The Morgan fingerprint density at radius 3 is 2.93 bits per heavy atom. The molecule has 0 saturated heterocycles. The topological polar surface area (TPSA) is 45.9 Å². The summed E-state index contributed by atoms with van der Waals surface area (Å²) < 4.78 is 5.18. The standard InChI is InChI=1S/C11H8N2O/c1-14-10-5-6-13-11-8(7-12)3-2-4-9(10)11/h2-6H,1H3. The van der Waals surface area contributed by atoms with Crippen molar-refractivity contribution in [1.29, 1.82) is 5.26 Å². The lowest BCUT2D eigenvalue weighted by Crippen LogP contribution is -1.88. The molecule has 0 atom stereocenters. The van der Waals surface area contributed by atoms with Crippen LogP contribution in [0.2, 0.25) is 0 Å². The molecule has 1 aromatic heterocycles. The monoisotopic (exact) mass is 184 g/mol. The number of fused-ring (bicyclic) bond motifs is 1. The van der Waals surface area contributed by atoms with Gasteiger partial charge < -0.3 is 4.74 Å². The molecule has 1 heterocycles. The molecule has 0 spiro atoms. The summed E-state index contributed by atoms with van der Waals surface area (Å²) in [5.41, 5.74) is 1.26. The molecule has 3 nitrogen and oxygen atoms in total. The van der Waals surface area contributed by atoms with Gasteiger partial charge in [0, 0.05) is 11.6 Å². The first kappa shape index (κ1) is 8.52. The van der Waals surface area contributed by atoms with Crippen LogP contribution in [0, 0.1) is 11.3 Å². The van der Waals surface area contributed by atoms with E-state index >= 15 is 0 Å². The number of rotatable bonds is 1. The fourth-order valence-electron chi connectivity index (χ4n) is 1.42. The number of hydrogen-bond acceptors (Lipinski definition) is 3. The van der Waals surface area contributed by atoms with Crippen LogP contribution in [0.15, 0.2) is 30.5 Å². The first-order valence-electron chi connectivity index (χ1n) is 4.18. The van der Waals surface area contributed by atoms with Crippen molar-refractivity contribution in [1.82, 2.24) is 4.98 Å². The zero-order valence-corrected chi connectivity index (χ0v) is 7.69. The number of para-hydroxylation sites is 1. The number of nitriles is 1. The van der Waals surface area contributed by atoms with Gasteiger partial charge in [0.2, 0.25) is 0 Å². The smallest absolute Gasteiger partial charge is 0.129 e. The molecule has 0 saturated carbocycles. The molecule has 2 rings (SSSR count). The molecule has 0 bridgehead atoms. The van der Waals surface area contributed by atoms with Crippen LogP contribution in [0.1, 0.15) is 5.56 Å². The summed E-state index contributed by atoms with van der Waals surface area (Å²) in [5, 5.41) is 9.74. The average molecular weight is 184 g/mol. The maximum Gasteiger partial charge on any atom is 0.129 e. The van der Waals surface area contributed by atoms with Gasteiger partial charge in [-0.25, -0.2) is 0 Å². The SMILES string of the molecule is COc1ccnc2c(C#N)cccc12. The van der Waals surface area contributed by atoms with Crippen molar-refractivity contribution < 1.29 is 4.74 Å². The summed E-state index contributed by atoms with van der Waals surface area (Å²) in [7, 11) is 1.60. The second-order valence-corrected chi connectivity index (χ2v) is 2.83. The Balaban J connectivity index is 2.86. The highest BCUT2D eigenvalue weighted by Gasteiger charge is 2.04. The van der Waals surface area contributed by atoms with E-state index in [1.165, 1.54) is 0 Å². The quantitative estimate of drug-likeness (QED) is 0.681. The molecule has 0 fully saturated rings. The molecular formula is C11H8N2O. The van der Waals surface area contributed by atoms with Gasteiger partial charge in [0.05, 0.1) is 18.2 Å². The summed E-state index contributed by atoms with van der Waals surface area (Å²) in [6, 6.07) is 9.34. The third-order valence-electron chi connectivity index (χ3n) is 2.07. The summed E-state index contributed by atoms with van der Waals surface area (Å²) in [4.78, 5) is 4.16. The van der Waals surface area contributed by atoms with Gasteiger partial charge >= 0.3 is 0 Å². The van der Waals surface area contributed by atoms with Gasteiger partial charge in [0.25, 0.3) is 0 Å². The number of methoxy groups -OCH3 is 1. The van der Waals surface area contributed by atoms with E-state index in [0.29, 0.717) is 11.1 Å². The van der Waals surface area contributed by atoms with Crippen molar-refractivity contribution in [3.63, 3.8) is 0 Å². The van der Waals surface area contributed by atoms with Crippen molar-refractivity contribution in [2.45, 2.75) is 0 Å². The lowest BCUT2D eigenvalue weighted by atomic mass is 10.1. The Morgan fingerprint density at radius 2 is 2.21 bits per heavy atom. The van der Waals surface area contributed by atoms with E-state index in [1.54, 1.807) is 25.4 Å². The van der Waals surface area contributed by atoms with Crippen molar-refractivity contribution in [2.24, 2.45) is 0 Å². The molecular weight excluding hydrogens is 176 g/mol. The van der Waals surface area contributed by atoms with Crippen molar-refractivity contribution in [3.05, 3.63) is 36.0 Å². The third kappa shape index (κ3) is 1.17. The van der Waals surface area contributed by atoms with Crippen molar-refractivity contribution in [2.75, 3.05) is 7.11 Å². The summed E-state index contributed by atoms with van der Waals surface area (Å²) in [6.45, 7) is 0. The molecule has 3 heteroatoms. The molecule has 0 aliphatic carbocycles. The van der Waals surface area contributed by atoms with Gasteiger partial charge in [-0.05, 0) is 18.2 Å². The van der Waals surface area contributed by atoms with E-state index in [9.17, 15) is 0 Å². The molecule has 0 unspecified atom stereocenters. The number of benzene rings is 1. The summed E-state index contributed by atoms with van der Waals surface area (Å²) in [6.07, 6.45) is 1.64. The van der Waals surface area contributed by atoms with Gasteiger partial charge in [0.1, 0.15) is 11.8 Å². The number of aromatic nitrogens is 1. The van der Waals surface area contributed by atoms with E-state index in [1.807, 2.05) is 12.1 Å². The number of nitrogens with zero attached hydrogens (tertiary/aromatic N) is 2. The third-order valence-corrected chi connectivity index (χ3v) is 2.07. The Morgan fingerprint density at radius 1 is 1.36 bits per heavy atom. The fraction of sp³-hybridized carbons (Fsp3) is 0.0909. The molecule has 0 N–H and O–H groups in total. The molecule has 0 aliphatic rings. The highest BCUT2D eigenvalue weighted by Crippen LogP contribution is 2.25. The van der Waals surface area contributed by atoms with Crippen LogP contribution < -0.4 is 4.74 Å². The molecule has 0 amide bonds. The molecule has 68 valence electrons. The van der Waals surface area contributed by atoms with Crippen molar-refractivity contribution >= 4 is 10.9 Å². The summed E-state index contributed by atoms with van der Waals surface area (Å²) in [5.74, 6) is 0.743. The minimum atomic E-state index is 0.571. The normalized spacial score (nSPS) is 9.71. The van der Waals surface area contributed by atoms with Crippen LogP contribution in [0.3, 0.4) is 0 Å². The van der Waals surface area contributed by atoms with Crippen LogP contribution in [-0.2, 0) is 0 Å². The first-order valence-corrected chi connectivity index (χ1v) is 4.18. The Bertz CT molecular complexity index is 514. The maximum atomic E-state index is 8.87. The molecule has 14 heavy (non-hydrogen) atoms. The number of pyridine rings is 1. The van der Waals surface area contributed by atoms with Gasteiger partial charge in [-0.15, -0.1) is 0 Å². The predicted octanol–water partition coefficient (Wildman–Crippen LogP) is 2.12. The van der Waals surface area contributed by atoms with Crippen LogP contribution in [0.4, 0.5) is 0 Å². The summed E-state index contributed by atoms with van der Waals surface area (Å²) >= 11 is 0. The van der Waals surface area contributed by atoms with Gasteiger partial charge in [-0.2, -0.15) is 5.26 Å².